The van der Waals surface area contributed by atoms with Crippen LogP contribution in [0.15, 0.2) is 224 Å². The first kappa shape index (κ1) is 40.4. The van der Waals surface area contributed by atoms with Gasteiger partial charge in [0.15, 0.2) is 0 Å². The first-order chi connectivity index (χ1) is 32.0. The zero-order valence-electron chi connectivity index (χ0n) is 37.4. The summed E-state index contributed by atoms with van der Waals surface area (Å²) in [6.07, 6.45) is 6.55. The monoisotopic (exact) mass is 838 g/mol. The van der Waals surface area contributed by atoms with Gasteiger partial charge in [0, 0.05) is 39.5 Å². The van der Waals surface area contributed by atoms with Crippen molar-refractivity contribution in [2.75, 3.05) is 9.80 Å². The molecular weight excluding hydrogens is 785 g/mol. The van der Waals surface area contributed by atoms with Gasteiger partial charge in [-0.1, -0.05) is 191 Å². The zero-order chi connectivity index (χ0) is 43.7. The van der Waals surface area contributed by atoms with E-state index in [4.69, 9.17) is 0 Å². The smallest absolute Gasteiger partial charge is 0.0488 e. The summed E-state index contributed by atoms with van der Waals surface area (Å²) in [5, 5.41) is 0. The molecule has 65 heavy (non-hydrogen) atoms. The molecule has 0 saturated heterocycles. The Kier molecular flexibility index (Phi) is 10.7. The molecule has 2 aliphatic carbocycles. The average molecular weight is 839 g/mol. The molecule has 2 aliphatic rings. The fourth-order valence-electron chi connectivity index (χ4n) is 10.8. The maximum absolute atomic E-state index is 2.47. The molecule has 0 radical (unpaired) electrons. The van der Waals surface area contributed by atoms with Gasteiger partial charge in [0.05, 0.1) is 0 Å². The topological polar surface area (TPSA) is 6.48 Å². The second kappa shape index (κ2) is 17.3. The molecule has 0 heterocycles. The van der Waals surface area contributed by atoms with Crippen LogP contribution in [0.1, 0.15) is 68.6 Å². The molecule has 0 N–H and O–H groups in total. The highest BCUT2D eigenvalue weighted by atomic mass is 15.2. The molecule has 2 heteroatoms. The van der Waals surface area contributed by atoms with Crippen LogP contribution in [0, 0.1) is 0 Å². The van der Waals surface area contributed by atoms with Gasteiger partial charge in [0.2, 0.25) is 0 Å². The number of benzene rings is 9. The Morgan fingerprint density at radius 3 is 1.38 bits per heavy atom. The molecule has 0 aliphatic heterocycles. The fourth-order valence-corrected chi connectivity index (χ4v) is 10.8. The molecule has 0 aromatic heterocycles. The van der Waals surface area contributed by atoms with E-state index in [1.807, 2.05) is 0 Å². The number of hydrogen-bond acceptors (Lipinski definition) is 2. The van der Waals surface area contributed by atoms with Crippen molar-refractivity contribution in [1.82, 2.24) is 0 Å². The highest BCUT2D eigenvalue weighted by Crippen LogP contribution is 2.52. The van der Waals surface area contributed by atoms with E-state index in [-0.39, 0.29) is 5.41 Å². The van der Waals surface area contributed by atoms with Crippen LogP contribution in [0.5, 0.6) is 0 Å². The molecule has 0 bridgehead atoms. The second-order valence-corrected chi connectivity index (χ2v) is 18.4. The summed E-state index contributed by atoms with van der Waals surface area (Å²) in [7, 11) is 0. The molecule has 1 saturated carbocycles. The molecule has 316 valence electrons. The van der Waals surface area contributed by atoms with Gasteiger partial charge >= 0.3 is 0 Å². The van der Waals surface area contributed by atoms with E-state index < -0.39 is 0 Å². The zero-order valence-corrected chi connectivity index (χ0v) is 37.4. The van der Waals surface area contributed by atoms with Gasteiger partial charge < -0.3 is 9.80 Å². The Labute approximate surface area is 385 Å². The highest BCUT2D eigenvalue weighted by molar-refractivity contribution is 5.98. The SMILES string of the molecule is CC1(C)c2ccccc2-c2ccc(N(c3ccccc3)c3cc(-c4c(-c5ccccc5)cccc4-c4ccccc4)cc(N(c4ccccc4)c4ccc(C5CCCCC5)cc4)c3)cc21. The lowest BCUT2D eigenvalue weighted by atomic mass is 9.82. The lowest BCUT2D eigenvalue weighted by molar-refractivity contribution is 0.443. The van der Waals surface area contributed by atoms with E-state index >= 15 is 0 Å². The molecule has 1 fully saturated rings. The van der Waals surface area contributed by atoms with Gasteiger partial charge in [-0.15, -0.1) is 0 Å². The predicted molar refractivity (Wildman–Crippen MR) is 276 cm³/mol. The maximum atomic E-state index is 2.47. The normalized spacial score (nSPS) is 14.1. The van der Waals surface area contributed by atoms with Crippen LogP contribution in [0.4, 0.5) is 34.1 Å². The summed E-state index contributed by atoms with van der Waals surface area (Å²) >= 11 is 0. The lowest BCUT2D eigenvalue weighted by Gasteiger charge is -2.32. The summed E-state index contributed by atoms with van der Waals surface area (Å²) in [5.74, 6) is 0.633. The lowest BCUT2D eigenvalue weighted by Crippen LogP contribution is -2.17. The first-order valence-electron chi connectivity index (χ1n) is 23.5. The molecule has 0 amide bonds. The van der Waals surface area contributed by atoms with Crippen molar-refractivity contribution in [3.05, 3.63) is 241 Å². The Bertz CT molecular complexity index is 3020. The van der Waals surface area contributed by atoms with Gasteiger partial charge in [-0.25, -0.2) is 0 Å². The first-order valence-corrected chi connectivity index (χ1v) is 23.5. The Morgan fingerprint density at radius 2 is 0.800 bits per heavy atom. The van der Waals surface area contributed by atoms with Crippen LogP contribution >= 0.6 is 0 Å². The molecule has 11 rings (SSSR count). The summed E-state index contributed by atoms with van der Waals surface area (Å²) in [6, 6.07) is 83.1. The van der Waals surface area contributed by atoms with E-state index in [2.05, 4.69) is 248 Å². The van der Waals surface area contributed by atoms with Crippen molar-refractivity contribution in [2.45, 2.75) is 57.3 Å². The highest BCUT2D eigenvalue weighted by Gasteiger charge is 2.36. The van der Waals surface area contributed by atoms with Gasteiger partial charge in [0.1, 0.15) is 0 Å². The van der Waals surface area contributed by atoms with E-state index in [0.29, 0.717) is 5.92 Å². The van der Waals surface area contributed by atoms with E-state index in [0.717, 1.165) is 39.7 Å². The van der Waals surface area contributed by atoms with Gasteiger partial charge in [-0.05, 0) is 147 Å². The number of para-hydroxylation sites is 2. The number of fused-ring (bicyclic) bond motifs is 3. The van der Waals surface area contributed by atoms with Crippen molar-refractivity contribution in [2.24, 2.45) is 0 Å². The number of anilines is 6. The van der Waals surface area contributed by atoms with Gasteiger partial charge in [0.25, 0.3) is 0 Å². The molecule has 0 atom stereocenters. The summed E-state index contributed by atoms with van der Waals surface area (Å²) in [5.41, 5.74) is 20.4. The number of hydrogen-bond donors (Lipinski definition) is 0. The van der Waals surface area contributed by atoms with Crippen molar-refractivity contribution in [1.29, 1.82) is 0 Å². The van der Waals surface area contributed by atoms with Gasteiger partial charge in [-0.2, -0.15) is 0 Å². The average Bonchev–Trinajstić information content (AvgIpc) is 3.60. The van der Waals surface area contributed by atoms with E-state index in [1.54, 1.807) is 0 Å². The fraction of sp³-hybridized carbons (Fsp3) is 0.143. The quantitative estimate of drug-likeness (QED) is 0.135. The standard InChI is InChI=1S/C63H54N2/c1-63(2)60-34-19-18-31-58(60)59-40-39-53(44-61(59)63)65(51-29-16-7-17-30-51)55-42-49(62-56(47-23-10-4-11-24-47)32-20-33-57(62)48-25-12-5-13-26-48)41-54(43-55)64(50-27-14-6-15-28-50)52-37-35-46(36-38-52)45-21-8-3-9-22-45/h4-7,10-20,23-45H,3,8-9,21-22H2,1-2H3. The molecule has 2 nitrogen and oxygen atoms in total. The van der Waals surface area contributed by atoms with Crippen molar-refractivity contribution in [3.8, 4) is 44.5 Å². The predicted octanol–water partition coefficient (Wildman–Crippen LogP) is 18.0. The largest absolute Gasteiger partial charge is 0.310 e. The summed E-state index contributed by atoms with van der Waals surface area (Å²) in [4.78, 5) is 4.92. The van der Waals surface area contributed by atoms with Crippen LogP contribution in [0.3, 0.4) is 0 Å². The van der Waals surface area contributed by atoms with Crippen molar-refractivity contribution < 1.29 is 0 Å². The van der Waals surface area contributed by atoms with Crippen molar-refractivity contribution in [3.63, 3.8) is 0 Å². The molecular formula is C63H54N2. The Hall–Kier alpha value is -7.42. The minimum Gasteiger partial charge on any atom is -0.310 e. The maximum Gasteiger partial charge on any atom is 0.0488 e. The number of nitrogens with zero attached hydrogens (tertiary/aromatic N) is 2. The third kappa shape index (κ3) is 7.64. The van der Waals surface area contributed by atoms with Crippen LogP contribution in [0.25, 0.3) is 44.5 Å². The van der Waals surface area contributed by atoms with Crippen LogP contribution in [0.2, 0.25) is 0 Å². The molecule has 0 spiro atoms. The third-order valence-electron chi connectivity index (χ3n) is 14.0. The molecule has 9 aromatic rings. The third-order valence-corrected chi connectivity index (χ3v) is 14.0. The Morgan fingerprint density at radius 1 is 0.338 bits per heavy atom. The van der Waals surface area contributed by atoms with E-state index in [9.17, 15) is 0 Å². The molecule has 9 aromatic carbocycles. The van der Waals surface area contributed by atoms with Gasteiger partial charge in [-0.3, -0.25) is 0 Å². The molecule has 0 unspecified atom stereocenters. The summed E-state index contributed by atoms with van der Waals surface area (Å²) in [6.45, 7) is 4.74. The second-order valence-electron chi connectivity index (χ2n) is 18.4. The van der Waals surface area contributed by atoms with Crippen molar-refractivity contribution >= 4 is 34.1 Å². The minimum absolute atomic E-state index is 0.148. The van der Waals surface area contributed by atoms with Crippen LogP contribution in [-0.4, -0.2) is 0 Å². The van der Waals surface area contributed by atoms with Crippen LogP contribution < -0.4 is 9.80 Å². The summed E-state index contributed by atoms with van der Waals surface area (Å²) < 4.78 is 0. The Balaban J connectivity index is 1.18. The minimum atomic E-state index is -0.148. The van der Waals surface area contributed by atoms with E-state index in [1.165, 1.54) is 87.7 Å². The van der Waals surface area contributed by atoms with Crippen LogP contribution in [-0.2, 0) is 5.41 Å². The number of rotatable bonds is 10.